The summed E-state index contributed by atoms with van der Waals surface area (Å²) in [5.74, 6) is -0.207. The summed E-state index contributed by atoms with van der Waals surface area (Å²) in [6.45, 7) is 0.958. The highest BCUT2D eigenvalue weighted by atomic mass is 16.3. The molecule has 5 rings (SSSR count). The van der Waals surface area contributed by atoms with Gasteiger partial charge in [-0.15, -0.1) is 0 Å². The Morgan fingerprint density at radius 1 is 1.05 bits per heavy atom. The number of carbonyl (C=O) groups excluding carboxylic acids is 2. The molecule has 1 aliphatic heterocycles. The molecule has 2 atom stereocenters. The first-order valence-electron chi connectivity index (χ1n) is 12.5. The maximum atomic E-state index is 13.0. The Hall–Kier alpha value is -4.18. The number of nitrogens with zero attached hydrogens (tertiary/aromatic N) is 3. The molecular formula is C27H31N7O3. The van der Waals surface area contributed by atoms with Gasteiger partial charge in [-0.1, -0.05) is 31.0 Å². The first kappa shape index (κ1) is 24.5. The van der Waals surface area contributed by atoms with Crippen LogP contribution in [0.4, 0.5) is 17.5 Å². The molecule has 2 aromatic carbocycles. The van der Waals surface area contributed by atoms with Crippen molar-refractivity contribution < 1.29 is 14.7 Å². The summed E-state index contributed by atoms with van der Waals surface area (Å²) in [6.07, 6.45) is 6.20. The van der Waals surface area contributed by atoms with Gasteiger partial charge in [0.1, 0.15) is 17.1 Å². The highest BCUT2D eigenvalue weighted by molar-refractivity contribution is 5.98. The third kappa shape index (κ3) is 5.34. The maximum absolute atomic E-state index is 13.0. The summed E-state index contributed by atoms with van der Waals surface area (Å²) in [4.78, 5) is 35.6. The topological polar surface area (TPSA) is 159 Å². The molecule has 3 aromatic rings. The molecule has 2 heterocycles. The lowest BCUT2D eigenvalue weighted by atomic mass is 9.91. The quantitative estimate of drug-likeness (QED) is 0.345. The molecule has 10 nitrogen and oxygen atoms in total. The van der Waals surface area contributed by atoms with Crippen LogP contribution < -0.4 is 22.1 Å². The number of anilines is 3. The van der Waals surface area contributed by atoms with Gasteiger partial charge in [0, 0.05) is 37.1 Å². The van der Waals surface area contributed by atoms with Crippen molar-refractivity contribution in [2.24, 2.45) is 11.5 Å². The Labute approximate surface area is 215 Å². The van der Waals surface area contributed by atoms with Crippen LogP contribution in [-0.2, 0) is 13.0 Å². The molecule has 1 fully saturated rings. The fourth-order valence-corrected chi connectivity index (χ4v) is 5.00. The van der Waals surface area contributed by atoms with E-state index in [1.54, 1.807) is 23.1 Å². The number of aromatic hydroxyl groups is 1. The Kier molecular flexibility index (Phi) is 6.91. The van der Waals surface area contributed by atoms with Gasteiger partial charge in [-0.3, -0.25) is 9.59 Å². The molecule has 1 aromatic heterocycles. The largest absolute Gasteiger partial charge is 0.507 e. The number of carbonyl (C=O) groups is 2. The van der Waals surface area contributed by atoms with Gasteiger partial charge in [0.05, 0.1) is 5.56 Å². The number of rotatable bonds is 6. The number of aromatic nitrogens is 2. The van der Waals surface area contributed by atoms with E-state index in [1.807, 2.05) is 18.2 Å². The molecule has 0 saturated heterocycles. The van der Waals surface area contributed by atoms with Gasteiger partial charge in [-0.05, 0) is 54.7 Å². The zero-order valence-corrected chi connectivity index (χ0v) is 20.5. The number of fused-ring (bicyclic) bond motifs is 1. The van der Waals surface area contributed by atoms with Crippen LogP contribution in [0.2, 0.25) is 0 Å². The highest BCUT2D eigenvalue weighted by Crippen LogP contribution is 2.28. The van der Waals surface area contributed by atoms with Crippen molar-refractivity contribution in [1.29, 1.82) is 0 Å². The molecule has 2 aliphatic rings. The number of phenols is 1. The highest BCUT2D eigenvalue weighted by Gasteiger charge is 2.25. The summed E-state index contributed by atoms with van der Waals surface area (Å²) >= 11 is 0. The van der Waals surface area contributed by atoms with Gasteiger partial charge < -0.3 is 32.1 Å². The third-order valence-electron chi connectivity index (χ3n) is 7.09. The van der Waals surface area contributed by atoms with E-state index in [0.717, 1.165) is 36.8 Å². The van der Waals surface area contributed by atoms with Crippen LogP contribution in [0, 0.1) is 0 Å². The van der Waals surface area contributed by atoms with E-state index in [9.17, 15) is 14.7 Å². The van der Waals surface area contributed by atoms with Crippen LogP contribution in [0.15, 0.2) is 48.7 Å². The molecule has 0 bridgehead atoms. The minimum atomic E-state index is -0.638. The molecule has 0 spiro atoms. The molecule has 1 saturated carbocycles. The Morgan fingerprint density at radius 3 is 2.65 bits per heavy atom. The number of hydrogen-bond acceptors (Lipinski definition) is 8. The average Bonchev–Trinajstić information content (AvgIpc) is 2.89. The van der Waals surface area contributed by atoms with Crippen molar-refractivity contribution in [2.45, 2.75) is 50.7 Å². The first-order chi connectivity index (χ1) is 17.9. The lowest BCUT2D eigenvalue weighted by molar-refractivity contribution is 0.0731. The SMILES string of the molecule is NC(=O)c1cnc(N[C@@H]2CCCC[C@@H]2N)nc1Nc1ccc2c(c1)CN(C(=O)c1ccccc1O)CC2. The number of para-hydroxylation sites is 1. The van der Waals surface area contributed by atoms with Gasteiger partial charge in [-0.2, -0.15) is 4.98 Å². The van der Waals surface area contributed by atoms with Crippen molar-refractivity contribution in [3.63, 3.8) is 0 Å². The number of nitrogens with one attached hydrogen (secondary N) is 2. The van der Waals surface area contributed by atoms with E-state index in [4.69, 9.17) is 11.5 Å². The lowest BCUT2D eigenvalue weighted by Crippen LogP contribution is -2.43. The first-order valence-corrected chi connectivity index (χ1v) is 12.5. The number of hydrogen-bond donors (Lipinski definition) is 5. The molecular weight excluding hydrogens is 470 g/mol. The van der Waals surface area contributed by atoms with E-state index in [2.05, 4.69) is 20.6 Å². The monoisotopic (exact) mass is 501 g/mol. The van der Waals surface area contributed by atoms with Crippen LogP contribution in [0.3, 0.4) is 0 Å². The van der Waals surface area contributed by atoms with Crippen LogP contribution >= 0.6 is 0 Å². The van der Waals surface area contributed by atoms with E-state index in [1.165, 1.54) is 12.3 Å². The van der Waals surface area contributed by atoms with Crippen molar-refractivity contribution in [2.75, 3.05) is 17.2 Å². The van der Waals surface area contributed by atoms with Crippen molar-refractivity contribution in [3.05, 3.63) is 70.9 Å². The number of benzene rings is 2. The molecule has 0 unspecified atom stereocenters. The van der Waals surface area contributed by atoms with Crippen molar-refractivity contribution in [3.8, 4) is 5.75 Å². The standard InChI is InChI=1S/C27H31N7O3/c28-21-6-2-3-7-22(21)32-27-30-14-20(24(29)36)25(33-27)31-18-10-9-16-11-12-34(15-17(16)13-18)26(37)19-5-1-4-8-23(19)35/h1,4-5,8-10,13-14,21-22,35H,2-3,6-7,11-12,15,28H2,(H2,29,36)(H2,30,31,32,33)/t21-,22+/m0/s1. The third-order valence-corrected chi connectivity index (χ3v) is 7.09. The second kappa shape index (κ2) is 10.4. The van der Waals surface area contributed by atoms with Crippen LogP contribution in [-0.4, -0.2) is 50.4 Å². The summed E-state index contributed by atoms with van der Waals surface area (Å²) < 4.78 is 0. The summed E-state index contributed by atoms with van der Waals surface area (Å²) in [5.41, 5.74) is 15.1. The number of primary amides is 1. The second-order valence-electron chi connectivity index (χ2n) is 9.62. The molecule has 192 valence electrons. The van der Waals surface area contributed by atoms with Crippen LogP contribution in [0.1, 0.15) is 57.5 Å². The minimum absolute atomic E-state index is 0.0219. The Balaban J connectivity index is 1.36. The average molecular weight is 502 g/mol. The van der Waals surface area contributed by atoms with Crippen molar-refractivity contribution >= 4 is 29.3 Å². The summed E-state index contributed by atoms with van der Waals surface area (Å²) in [5, 5.41) is 16.6. The predicted molar refractivity (Wildman–Crippen MR) is 141 cm³/mol. The summed E-state index contributed by atoms with van der Waals surface area (Å²) in [6, 6.07) is 12.5. The fraction of sp³-hybridized carbons (Fsp3) is 0.333. The normalized spacial score (nSPS) is 19.1. The van der Waals surface area contributed by atoms with Gasteiger partial charge in [0.15, 0.2) is 0 Å². The maximum Gasteiger partial charge on any atom is 0.257 e. The second-order valence-corrected chi connectivity index (χ2v) is 9.62. The summed E-state index contributed by atoms with van der Waals surface area (Å²) in [7, 11) is 0. The van der Waals surface area contributed by atoms with Crippen LogP contribution in [0.5, 0.6) is 5.75 Å². The molecule has 2 amide bonds. The Morgan fingerprint density at radius 2 is 1.86 bits per heavy atom. The molecule has 7 N–H and O–H groups in total. The van der Waals surface area contributed by atoms with E-state index >= 15 is 0 Å². The van der Waals surface area contributed by atoms with E-state index in [0.29, 0.717) is 37.0 Å². The van der Waals surface area contributed by atoms with E-state index < -0.39 is 5.91 Å². The molecule has 37 heavy (non-hydrogen) atoms. The minimum Gasteiger partial charge on any atom is -0.507 e. The molecule has 0 radical (unpaired) electrons. The number of amides is 2. The number of phenolic OH excluding ortho intramolecular Hbond substituents is 1. The van der Waals surface area contributed by atoms with Crippen molar-refractivity contribution in [1.82, 2.24) is 14.9 Å². The zero-order chi connectivity index (χ0) is 25.9. The van der Waals surface area contributed by atoms with Gasteiger partial charge in [0.2, 0.25) is 5.95 Å². The van der Waals surface area contributed by atoms with Gasteiger partial charge >= 0.3 is 0 Å². The Bertz CT molecular complexity index is 1330. The predicted octanol–water partition coefficient (Wildman–Crippen LogP) is 2.91. The fourth-order valence-electron chi connectivity index (χ4n) is 5.00. The van der Waals surface area contributed by atoms with Gasteiger partial charge in [0.25, 0.3) is 11.8 Å². The smallest absolute Gasteiger partial charge is 0.257 e. The van der Waals surface area contributed by atoms with Gasteiger partial charge in [-0.25, -0.2) is 4.98 Å². The van der Waals surface area contributed by atoms with E-state index in [-0.39, 0.29) is 34.9 Å². The van der Waals surface area contributed by atoms with Crippen LogP contribution in [0.25, 0.3) is 0 Å². The zero-order valence-electron chi connectivity index (χ0n) is 20.5. The molecule has 1 aliphatic carbocycles. The number of nitrogens with two attached hydrogens (primary N) is 2. The molecule has 10 heteroatoms. The lowest BCUT2D eigenvalue weighted by Gasteiger charge is -2.30.